The van der Waals surface area contributed by atoms with Crippen molar-refractivity contribution >= 4 is 15.9 Å². The summed E-state index contributed by atoms with van der Waals surface area (Å²) < 4.78 is 11.0. The second-order valence-corrected chi connectivity index (χ2v) is 4.44. The maximum absolute atomic E-state index is 5.31. The zero-order valence-corrected chi connectivity index (χ0v) is 10.6. The summed E-state index contributed by atoms with van der Waals surface area (Å²) in [6.45, 7) is 4.71. The number of hydrogen-bond acceptors (Lipinski definition) is 5. The van der Waals surface area contributed by atoms with Gasteiger partial charge in [-0.1, -0.05) is 19.0 Å². The Kier molecular flexibility index (Phi) is 3.40. The van der Waals surface area contributed by atoms with Crippen LogP contribution in [0.15, 0.2) is 25.7 Å². The average molecular weight is 286 g/mol. The molecule has 2 rings (SSSR count). The molecule has 2 aromatic rings. The van der Waals surface area contributed by atoms with Gasteiger partial charge < -0.3 is 14.3 Å². The van der Waals surface area contributed by atoms with Crippen molar-refractivity contribution in [1.82, 2.24) is 15.5 Å². The van der Waals surface area contributed by atoms with Gasteiger partial charge in [0.25, 0.3) is 5.89 Å². The Labute approximate surface area is 101 Å². The molecule has 2 heterocycles. The first-order valence-corrected chi connectivity index (χ1v) is 5.76. The van der Waals surface area contributed by atoms with Crippen LogP contribution in [-0.4, -0.2) is 16.2 Å². The van der Waals surface area contributed by atoms with E-state index in [-0.39, 0.29) is 0 Å². The second kappa shape index (κ2) is 4.80. The number of hydrogen-bond donors (Lipinski definition) is 1. The lowest BCUT2D eigenvalue weighted by atomic mass is 10.4. The summed E-state index contributed by atoms with van der Waals surface area (Å²) >= 11 is 3.22. The molecule has 86 valence electrons. The van der Waals surface area contributed by atoms with Crippen molar-refractivity contribution in [1.29, 1.82) is 0 Å². The van der Waals surface area contributed by atoms with Gasteiger partial charge >= 0.3 is 0 Å². The summed E-state index contributed by atoms with van der Waals surface area (Å²) in [5.41, 5.74) is 0. The minimum Gasteiger partial charge on any atom is -0.444 e. The Morgan fingerprint density at radius 2 is 2.25 bits per heavy atom. The Morgan fingerprint density at radius 1 is 1.44 bits per heavy atom. The fourth-order valence-corrected chi connectivity index (χ4v) is 1.46. The van der Waals surface area contributed by atoms with Gasteiger partial charge in [0.05, 0.1) is 6.54 Å². The van der Waals surface area contributed by atoms with Crippen LogP contribution in [0.25, 0.3) is 11.7 Å². The lowest BCUT2D eigenvalue weighted by molar-refractivity contribution is 0.403. The van der Waals surface area contributed by atoms with Gasteiger partial charge in [0, 0.05) is 6.04 Å². The van der Waals surface area contributed by atoms with Gasteiger partial charge in [0.2, 0.25) is 0 Å². The lowest BCUT2D eigenvalue weighted by Crippen LogP contribution is -2.22. The average Bonchev–Trinajstić information content (AvgIpc) is 2.83. The number of halogens is 1. The SMILES string of the molecule is CC(C)NCc1noc(-c2ccc(Br)o2)n1. The number of nitrogens with one attached hydrogen (secondary N) is 1. The second-order valence-electron chi connectivity index (χ2n) is 3.66. The van der Waals surface area contributed by atoms with Gasteiger partial charge in [-0.2, -0.15) is 4.98 Å². The van der Waals surface area contributed by atoms with Crippen molar-refractivity contribution < 1.29 is 8.94 Å². The summed E-state index contributed by atoms with van der Waals surface area (Å²) in [5, 5.41) is 7.06. The van der Waals surface area contributed by atoms with Gasteiger partial charge in [-0.15, -0.1) is 0 Å². The summed E-state index contributed by atoms with van der Waals surface area (Å²) in [4.78, 5) is 4.21. The van der Waals surface area contributed by atoms with E-state index in [1.54, 1.807) is 12.1 Å². The van der Waals surface area contributed by atoms with E-state index in [0.717, 1.165) is 0 Å². The fraction of sp³-hybridized carbons (Fsp3) is 0.400. The minimum absolute atomic E-state index is 0.389. The highest BCUT2D eigenvalue weighted by Gasteiger charge is 2.12. The highest BCUT2D eigenvalue weighted by atomic mass is 79.9. The first kappa shape index (κ1) is 11.3. The lowest BCUT2D eigenvalue weighted by Gasteiger charge is -2.02. The largest absolute Gasteiger partial charge is 0.444 e. The van der Waals surface area contributed by atoms with Crippen LogP contribution in [-0.2, 0) is 6.54 Å². The topological polar surface area (TPSA) is 64.1 Å². The van der Waals surface area contributed by atoms with Gasteiger partial charge in [-0.25, -0.2) is 0 Å². The highest BCUT2D eigenvalue weighted by Crippen LogP contribution is 2.23. The maximum atomic E-state index is 5.31. The molecule has 1 N–H and O–H groups in total. The van der Waals surface area contributed by atoms with E-state index in [0.29, 0.717) is 34.7 Å². The number of rotatable bonds is 4. The van der Waals surface area contributed by atoms with Crippen LogP contribution < -0.4 is 5.32 Å². The van der Waals surface area contributed by atoms with Crippen molar-refractivity contribution in [3.63, 3.8) is 0 Å². The van der Waals surface area contributed by atoms with Crippen LogP contribution in [0.2, 0.25) is 0 Å². The zero-order valence-electron chi connectivity index (χ0n) is 9.03. The van der Waals surface area contributed by atoms with Crippen molar-refractivity contribution in [2.75, 3.05) is 0 Å². The molecule has 0 aromatic carbocycles. The van der Waals surface area contributed by atoms with Crippen LogP contribution in [0.3, 0.4) is 0 Å². The third-order valence-corrected chi connectivity index (χ3v) is 2.35. The predicted molar refractivity (Wildman–Crippen MR) is 61.7 cm³/mol. The molecule has 0 unspecified atom stereocenters. The third kappa shape index (κ3) is 2.70. The molecule has 0 saturated carbocycles. The molecule has 5 nitrogen and oxygen atoms in total. The summed E-state index contributed by atoms with van der Waals surface area (Å²) in [6, 6.07) is 3.95. The molecule has 0 bridgehead atoms. The van der Waals surface area contributed by atoms with Gasteiger partial charge in [-0.3, -0.25) is 0 Å². The van der Waals surface area contributed by atoms with E-state index in [1.807, 2.05) is 0 Å². The molecule has 6 heteroatoms. The minimum atomic E-state index is 0.389. The summed E-state index contributed by atoms with van der Waals surface area (Å²) in [7, 11) is 0. The smallest absolute Gasteiger partial charge is 0.293 e. The van der Waals surface area contributed by atoms with E-state index in [1.165, 1.54) is 0 Å². The molecule has 2 aromatic heterocycles. The quantitative estimate of drug-likeness (QED) is 0.935. The normalized spacial score (nSPS) is 11.2. The standard InChI is InChI=1S/C10H12BrN3O2/c1-6(2)12-5-9-13-10(16-14-9)7-3-4-8(11)15-7/h3-4,6,12H,5H2,1-2H3. The van der Waals surface area contributed by atoms with Crippen molar-refractivity contribution in [2.24, 2.45) is 0 Å². The van der Waals surface area contributed by atoms with Crippen molar-refractivity contribution in [2.45, 2.75) is 26.4 Å². The van der Waals surface area contributed by atoms with E-state index < -0.39 is 0 Å². The molecule has 0 atom stereocenters. The molecule has 0 aliphatic rings. The van der Waals surface area contributed by atoms with E-state index in [9.17, 15) is 0 Å². The first-order chi connectivity index (χ1) is 7.65. The Morgan fingerprint density at radius 3 is 2.88 bits per heavy atom. The zero-order chi connectivity index (χ0) is 11.5. The van der Waals surface area contributed by atoms with Gasteiger partial charge in [0.1, 0.15) is 0 Å². The number of furan rings is 1. The molecule has 0 spiro atoms. The van der Waals surface area contributed by atoms with Crippen LogP contribution in [0, 0.1) is 0 Å². The predicted octanol–water partition coefficient (Wildman–Crippen LogP) is 2.59. The molecule has 16 heavy (non-hydrogen) atoms. The molecule has 0 saturated heterocycles. The van der Waals surface area contributed by atoms with Crippen LogP contribution in [0.1, 0.15) is 19.7 Å². The van der Waals surface area contributed by atoms with E-state index in [2.05, 4.69) is 45.2 Å². The highest BCUT2D eigenvalue weighted by molar-refractivity contribution is 9.10. The number of nitrogens with zero attached hydrogens (tertiary/aromatic N) is 2. The molecular weight excluding hydrogens is 274 g/mol. The molecule has 0 amide bonds. The van der Waals surface area contributed by atoms with E-state index >= 15 is 0 Å². The monoisotopic (exact) mass is 285 g/mol. The summed E-state index contributed by atoms with van der Waals surface area (Å²) in [6.07, 6.45) is 0. The van der Waals surface area contributed by atoms with Gasteiger partial charge in [-0.05, 0) is 28.1 Å². The maximum Gasteiger partial charge on any atom is 0.293 e. The molecular formula is C10H12BrN3O2. The van der Waals surface area contributed by atoms with Crippen LogP contribution in [0.4, 0.5) is 0 Å². The van der Waals surface area contributed by atoms with Crippen molar-refractivity contribution in [3.05, 3.63) is 22.6 Å². The summed E-state index contributed by atoms with van der Waals surface area (Å²) in [5.74, 6) is 1.58. The molecule has 0 fully saturated rings. The Hall–Kier alpha value is -1.14. The first-order valence-electron chi connectivity index (χ1n) is 4.97. The molecule has 0 aliphatic heterocycles. The van der Waals surface area contributed by atoms with E-state index in [4.69, 9.17) is 8.94 Å². The molecule has 0 radical (unpaired) electrons. The Balaban J connectivity index is 2.07. The Bertz CT molecular complexity index is 464. The van der Waals surface area contributed by atoms with Gasteiger partial charge in [0.15, 0.2) is 16.3 Å². The molecule has 0 aliphatic carbocycles. The number of aromatic nitrogens is 2. The third-order valence-electron chi connectivity index (χ3n) is 1.92. The fourth-order valence-electron chi connectivity index (χ4n) is 1.15. The van der Waals surface area contributed by atoms with Crippen LogP contribution in [0.5, 0.6) is 0 Å². The van der Waals surface area contributed by atoms with Crippen molar-refractivity contribution in [3.8, 4) is 11.7 Å². The van der Waals surface area contributed by atoms with Crippen LogP contribution >= 0.6 is 15.9 Å².